The van der Waals surface area contributed by atoms with E-state index < -0.39 is 5.60 Å². The zero-order valence-electron chi connectivity index (χ0n) is 14.6. The van der Waals surface area contributed by atoms with E-state index in [0.717, 1.165) is 37.3 Å². The molecule has 23 heavy (non-hydrogen) atoms. The van der Waals surface area contributed by atoms with Crippen molar-refractivity contribution in [3.05, 3.63) is 35.9 Å². The van der Waals surface area contributed by atoms with Crippen LogP contribution in [-0.2, 0) is 11.2 Å². The van der Waals surface area contributed by atoms with E-state index >= 15 is 0 Å². The number of likely N-dealkylation sites (tertiary alicyclic amines) is 1. The summed E-state index contributed by atoms with van der Waals surface area (Å²) >= 11 is 1.96. The molecule has 128 valence electrons. The summed E-state index contributed by atoms with van der Waals surface area (Å²) in [6, 6.07) is 11.0. The second kappa shape index (κ2) is 8.62. The highest BCUT2D eigenvalue weighted by Gasteiger charge is 2.31. The van der Waals surface area contributed by atoms with Crippen LogP contribution >= 0.6 is 11.8 Å². The molecule has 0 aliphatic carbocycles. The number of benzene rings is 1. The Bertz CT molecular complexity index is 484. The fourth-order valence-electron chi connectivity index (χ4n) is 2.81. The third kappa shape index (κ3) is 6.46. The largest absolute Gasteiger partial charge is 0.444 e. The van der Waals surface area contributed by atoms with Gasteiger partial charge >= 0.3 is 6.09 Å². The molecule has 0 saturated carbocycles. The van der Waals surface area contributed by atoms with Crippen molar-refractivity contribution >= 4 is 17.9 Å². The minimum absolute atomic E-state index is 0.148. The van der Waals surface area contributed by atoms with Crippen molar-refractivity contribution in [3.8, 4) is 0 Å². The van der Waals surface area contributed by atoms with Gasteiger partial charge in [0.25, 0.3) is 0 Å². The molecule has 2 rings (SSSR count). The number of carbonyl (C=O) groups excluding carboxylic acids is 1. The molecule has 0 unspecified atom stereocenters. The molecule has 0 spiro atoms. The Kier molecular flexibility index (Phi) is 6.82. The number of hydrogen-bond acceptors (Lipinski definition) is 3. The first-order chi connectivity index (χ1) is 11.0. The second-order valence-corrected chi connectivity index (χ2v) is 8.28. The minimum atomic E-state index is -0.410. The van der Waals surface area contributed by atoms with E-state index in [-0.39, 0.29) is 6.09 Å². The third-order valence-electron chi connectivity index (χ3n) is 3.91. The van der Waals surface area contributed by atoms with E-state index in [1.54, 1.807) is 0 Å². The number of amides is 1. The van der Waals surface area contributed by atoms with Gasteiger partial charge in [0.05, 0.1) is 0 Å². The van der Waals surface area contributed by atoms with Crippen molar-refractivity contribution in [1.29, 1.82) is 0 Å². The monoisotopic (exact) mass is 335 g/mol. The van der Waals surface area contributed by atoms with Crippen LogP contribution in [0.5, 0.6) is 0 Å². The summed E-state index contributed by atoms with van der Waals surface area (Å²) in [5, 5.41) is 0. The molecule has 1 saturated heterocycles. The Hall–Kier alpha value is -1.16. The minimum Gasteiger partial charge on any atom is -0.444 e. The van der Waals surface area contributed by atoms with Gasteiger partial charge in [-0.25, -0.2) is 4.79 Å². The van der Waals surface area contributed by atoms with Crippen LogP contribution in [0, 0.1) is 0 Å². The standard InChI is InChI=1S/C19H29NO2S/c1-19(2,3)22-18(21)20-13-7-12-17(20)15-23-14-8-11-16-9-5-4-6-10-16/h4-6,9-10,17H,7-8,11-15H2,1-3H3/t17-/m0/s1. The van der Waals surface area contributed by atoms with Gasteiger partial charge in [-0.3, -0.25) is 0 Å². The van der Waals surface area contributed by atoms with Gasteiger partial charge in [-0.15, -0.1) is 0 Å². The average Bonchev–Trinajstić information content (AvgIpc) is 2.95. The van der Waals surface area contributed by atoms with Gasteiger partial charge in [0.2, 0.25) is 0 Å². The number of carbonyl (C=O) groups is 1. The summed E-state index contributed by atoms with van der Waals surface area (Å²) in [6.45, 7) is 6.61. The molecule has 1 fully saturated rings. The van der Waals surface area contributed by atoms with Crippen molar-refractivity contribution in [1.82, 2.24) is 4.90 Å². The molecule has 1 aliphatic heterocycles. The van der Waals surface area contributed by atoms with E-state index in [0.29, 0.717) is 6.04 Å². The fraction of sp³-hybridized carbons (Fsp3) is 0.632. The lowest BCUT2D eigenvalue weighted by atomic mass is 10.1. The number of ether oxygens (including phenoxy) is 1. The SMILES string of the molecule is CC(C)(C)OC(=O)N1CCC[C@H]1CSCCCc1ccccc1. The number of rotatable bonds is 6. The third-order valence-corrected chi connectivity index (χ3v) is 5.11. The number of hydrogen-bond donors (Lipinski definition) is 0. The predicted molar refractivity (Wildman–Crippen MR) is 98.1 cm³/mol. The lowest BCUT2D eigenvalue weighted by Crippen LogP contribution is -2.40. The Morgan fingerprint density at radius 2 is 2.04 bits per heavy atom. The van der Waals surface area contributed by atoms with Gasteiger partial charge in [-0.1, -0.05) is 30.3 Å². The zero-order chi connectivity index (χ0) is 16.7. The highest BCUT2D eigenvalue weighted by atomic mass is 32.2. The molecular formula is C19H29NO2S. The lowest BCUT2D eigenvalue weighted by molar-refractivity contribution is 0.0242. The van der Waals surface area contributed by atoms with Crippen LogP contribution in [-0.4, -0.2) is 40.7 Å². The zero-order valence-corrected chi connectivity index (χ0v) is 15.4. The molecule has 1 amide bonds. The fourth-order valence-corrected chi connectivity index (χ4v) is 3.95. The number of aryl methyl sites for hydroxylation is 1. The number of nitrogens with zero attached hydrogens (tertiary/aromatic N) is 1. The molecular weight excluding hydrogens is 306 g/mol. The summed E-state index contributed by atoms with van der Waals surface area (Å²) < 4.78 is 5.51. The molecule has 0 bridgehead atoms. The maximum atomic E-state index is 12.2. The van der Waals surface area contributed by atoms with Crippen molar-refractivity contribution in [2.24, 2.45) is 0 Å². The molecule has 3 nitrogen and oxygen atoms in total. The maximum absolute atomic E-state index is 12.2. The van der Waals surface area contributed by atoms with Crippen LogP contribution in [0.3, 0.4) is 0 Å². The van der Waals surface area contributed by atoms with Crippen LogP contribution in [0.4, 0.5) is 4.79 Å². The molecule has 1 aliphatic rings. The van der Waals surface area contributed by atoms with Crippen LogP contribution in [0.15, 0.2) is 30.3 Å². The van der Waals surface area contributed by atoms with Crippen LogP contribution in [0.2, 0.25) is 0 Å². The summed E-state index contributed by atoms with van der Waals surface area (Å²) in [4.78, 5) is 14.2. The van der Waals surface area contributed by atoms with E-state index in [9.17, 15) is 4.79 Å². The molecule has 4 heteroatoms. The van der Waals surface area contributed by atoms with Crippen molar-refractivity contribution in [2.75, 3.05) is 18.1 Å². The average molecular weight is 336 g/mol. The molecule has 1 heterocycles. The first kappa shape index (κ1) is 18.2. The van der Waals surface area contributed by atoms with Gasteiger partial charge < -0.3 is 9.64 Å². The highest BCUT2D eigenvalue weighted by molar-refractivity contribution is 7.99. The first-order valence-electron chi connectivity index (χ1n) is 8.57. The summed E-state index contributed by atoms with van der Waals surface area (Å²) in [6.07, 6.45) is 4.37. The summed E-state index contributed by atoms with van der Waals surface area (Å²) in [5.41, 5.74) is 0.997. The Morgan fingerprint density at radius 3 is 2.74 bits per heavy atom. The Morgan fingerprint density at radius 1 is 1.30 bits per heavy atom. The Labute approximate surface area is 144 Å². The Balaban J connectivity index is 1.67. The van der Waals surface area contributed by atoms with Crippen LogP contribution in [0.1, 0.15) is 45.6 Å². The molecule has 1 aromatic carbocycles. The summed E-state index contributed by atoms with van der Waals surface area (Å²) in [5.74, 6) is 2.17. The molecule has 0 radical (unpaired) electrons. The second-order valence-electron chi connectivity index (χ2n) is 7.13. The van der Waals surface area contributed by atoms with Crippen molar-refractivity contribution in [2.45, 2.75) is 58.1 Å². The smallest absolute Gasteiger partial charge is 0.410 e. The van der Waals surface area contributed by atoms with Gasteiger partial charge in [0, 0.05) is 18.3 Å². The van der Waals surface area contributed by atoms with E-state index in [1.165, 1.54) is 12.0 Å². The predicted octanol–water partition coefficient (Wildman–Crippen LogP) is 4.75. The van der Waals surface area contributed by atoms with Crippen LogP contribution in [0.25, 0.3) is 0 Å². The quantitative estimate of drug-likeness (QED) is 0.703. The maximum Gasteiger partial charge on any atom is 0.410 e. The van der Waals surface area contributed by atoms with Gasteiger partial charge in [-0.05, 0) is 57.8 Å². The van der Waals surface area contributed by atoms with Crippen molar-refractivity contribution < 1.29 is 9.53 Å². The topological polar surface area (TPSA) is 29.5 Å². The molecule has 1 aromatic rings. The lowest BCUT2D eigenvalue weighted by Gasteiger charge is -2.28. The molecule has 1 atom stereocenters. The normalized spacial score (nSPS) is 18.2. The van der Waals surface area contributed by atoms with Gasteiger partial charge in [-0.2, -0.15) is 11.8 Å². The van der Waals surface area contributed by atoms with E-state index in [4.69, 9.17) is 4.74 Å². The van der Waals surface area contributed by atoms with E-state index in [1.807, 2.05) is 37.4 Å². The molecule has 0 aromatic heterocycles. The van der Waals surface area contributed by atoms with E-state index in [2.05, 4.69) is 30.3 Å². The van der Waals surface area contributed by atoms with Crippen molar-refractivity contribution in [3.63, 3.8) is 0 Å². The molecule has 0 N–H and O–H groups in total. The van der Waals surface area contributed by atoms with Crippen LogP contribution < -0.4 is 0 Å². The van der Waals surface area contributed by atoms with Gasteiger partial charge in [0.15, 0.2) is 0 Å². The summed E-state index contributed by atoms with van der Waals surface area (Å²) in [7, 11) is 0. The highest BCUT2D eigenvalue weighted by Crippen LogP contribution is 2.24. The number of thioether (sulfide) groups is 1. The van der Waals surface area contributed by atoms with Gasteiger partial charge in [0.1, 0.15) is 5.60 Å². The first-order valence-corrected chi connectivity index (χ1v) is 9.72.